The summed E-state index contributed by atoms with van der Waals surface area (Å²) in [4.78, 5) is 7.20. The van der Waals surface area contributed by atoms with Crippen molar-refractivity contribution in [2.75, 3.05) is 19.7 Å². The number of rotatable bonds is 8. The summed E-state index contributed by atoms with van der Waals surface area (Å²) in [7, 11) is 0. The quantitative estimate of drug-likeness (QED) is 0.443. The van der Waals surface area contributed by atoms with Crippen molar-refractivity contribution in [3.63, 3.8) is 0 Å². The maximum absolute atomic E-state index is 5.67. The molecule has 0 amide bonds. The number of hydrogen-bond acceptors (Lipinski definition) is 3. The third-order valence-electron chi connectivity index (χ3n) is 3.18. The largest absolute Gasteiger partial charge is 0.375 e. The van der Waals surface area contributed by atoms with Crippen molar-refractivity contribution in [1.82, 2.24) is 10.6 Å². The lowest BCUT2D eigenvalue weighted by Crippen LogP contribution is -2.38. The summed E-state index contributed by atoms with van der Waals surface area (Å²) in [5, 5.41) is 6.56. The Morgan fingerprint density at radius 2 is 1.96 bits per heavy atom. The van der Waals surface area contributed by atoms with Gasteiger partial charge in [0, 0.05) is 22.8 Å². The Hall–Kier alpha value is -1.85. The van der Waals surface area contributed by atoms with E-state index in [4.69, 9.17) is 4.74 Å². The van der Waals surface area contributed by atoms with Crippen LogP contribution in [0.4, 0.5) is 0 Å². The second-order valence-corrected chi connectivity index (χ2v) is 6.54. The maximum atomic E-state index is 5.67. The van der Waals surface area contributed by atoms with Gasteiger partial charge in [0.2, 0.25) is 0 Å². The molecule has 0 spiro atoms. The molecule has 124 valence electrons. The summed E-state index contributed by atoms with van der Waals surface area (Å²) >= 11 is 1.79. The summed E-state index contributed by atoms with van der Waals surface area (Å²) in [6.45, 7) is 7.77. The van der Waals surface area contributed by atoms with E-state index in [1.165, 1.54) is 15.3 Å². The van der Waals surface area contributed by atoms with Gasteiger partial charge in [0.1, 0.15) is 0 Å². The highest BCUT2D eigenvalue weighted by Crippen LogP contribution is 2.15. The molecule has 0 aliphatic carbocycles. The minimum absolute atomic E-state index is 0.644. The molecule has 1 aromatic heterocycles. The molecule has 1 heterocycles. The predicted molar refractivity (Wildman–Crippen MR) is 98.0 cm³/mol. The molecule has 23 heavy (non-hydrogen) atoms. The summed E-state index contributed by atoms with van der Waals surface area (Å²) in [6, 6.07) is 14.5. The van der Waals surface area contributed by atoms with Gasteiger partial charge in [0.25, 0.3) is 0 Å². The van der Waals surface area contributed by atoms with Crippen molar-refractivity contribution in [2.45, 2.75) is 27.0 Å². The van der Waals surface area contributed by atoms with Crippen LogP contribution in [0.5, 0.6) is 0 Å². The Morgan fingerprint density at radius 3 is 2.65 bits per heavy atom. The van der Waals surface area contributed by atoms with E-state index in [9.17, 15) is 0 Å². The Morgan fingerprint density at radius 1 is 1.13 bits per heavy atom. The second-order valence-electron chi connectivity index (χ2n) is 5.17. The van der Waals surface area contributed by atoms with E-state index in [0.717, 1.165) is 19.0 Å². The topological polar surface area (TPSA) is 45.7 Å². The Bertz CT molecular complexity index is 595. The molecule has 0 saturated carbocycles. The zero-order valence-corrected chi connectivity index (χ0v) is 14.7. The molecule has 2 aromatic rings. The van der Waals surface area contributed by atoms with Gasteiger partial charge in [-0.05, 0) is 31.5 Å². The van der Waals surface area contributed by atoms with Crippen molar-refractivity contribution in [3.8, 4) is 0 Å². The zero-order valence-electron chi connectivity index (χ0n) is 13.8. The lowest BCUT2D eigenvalue weighted by molar-refractivity contribution is 0.125. The lowest BCUT2D eigenvalue weighted by Gasteiger charge is -2.11. The van der Waals surface area contributed by atoms with E-state index in [1.807, 2.05) is 18.2 Å². The number of aryl methyl sites for hydroxylation is 1. The number of thiophene rings is 1. The first-order valence-electron chi connectivity index (χ1n) is 7.97. The molecule has 0 bridgehead atoms. The van der Waals surface area contributed by atoms with Crippen LogP contribution in [0.1, 0.15) is 22.2 Å². The van der Waals surface area contributed by atoms with Gasteiger partial charge < -0.3 is 15.4 Å². The zero-order chi connectivity index (χ0) is 16.3. The number of nitrogens with zero attached hydrogens (tertiary/aromatic N) is 1. The molecule has 0 radical (unpaired) electrons. The highest BCUT2D eigenvalue weighted by atomic mass is 32.1. The van der Waals surface area contributed by atoms with Crippen LogP contribution in [-0.2, 0) is 17.9 Å². The normalized spacial score (nSPS) is 11.5. The molecular formula is C18H25N3OS. The van der Waals surface area contributed by atoms with Gasteiger partial charge in [-0.1, -0.05) is 30.3 Å². The maximum Gasteiger partial charge on any atom is 0.191 e. The first-order chi connectivity index (χ1) is 11.3. The molecule has 4 nitrogen and oxygen atoms in total. The minimum atomic E-state index is 0.644. The molecule has 2 N–H and O–H groups in total. The van der Waals surface area contributed by atoms with Crippen molar-refractivity contribution in [1.29, 1.82) is 0 Å². The summed E-state index contributed by atoms with van der Waals surface area (Å²) in [5.41, 5.74) is 1.20. The first kappa shape index (κ1) is 17.5. The monoisotopic (exact) mass is 331 g/mol. The van der Waals surface area contributed by atoms with Crippen LogP contribution in [0.3, 0.4) is 0 Å². The number of aliphatic imine (C=N–C) groups is 1. The third-order valence-corrected chi connectivity index (χ3v) is 4.17. The van der Waals surface area contributed by atoms with Crippen molar-refractivity contribution >= 4 is 17.3 Å². The summed E-state index contributed by atoms with van der Waals surface area (Å²) < 4.78 is 5.67. The third kappa shape index (κ3) is 6.84. The molecule has 5 heteroatoms. The highest BCUT2D eigenvalue weighted by molar-refractivity contribution is 7.11. The van der Waals surface area contributed by atoms with E-state index in [2.05, 4.69) is 53.7 Å². The molecule has 0 aliphatic heterocycles. The Kier molecular flexibility index (Phi) is 7.63. The predicted octanol–water partition coefficient (Wildman–Crippen LogP) is 3.33. The number of hydrogen-bond donors (Lipinski definition) is 2. The van der Waals surface area contributed by atoms with Gasteiger partial charge in [0.15, 0.2) is 5.96 Å². The molecule has 1 aromatic carbocycles. The van der Waals surface area contributed by atoms with Gasteiger partial charge in [-0.3, -0.25) is 0 Å². The number of ether oxygens (including phenoxy) is 1. The molecule has 0 saturated heterocycles. The number of nitrogens with one attached hydrogen (secondary N) is 2. The van der Waals surface area contributed by atoms with Gasteiger partial charge in [-0.25, -0.2) is 4.99 Å². The van der Waals surface area contributed by atoms with E-state index < -0.39 is 0 Å². The Labute approximate surface area is 142 Å². The molecule has 0 unspecified atom stereocenters. The first-order valence-corrected chi connectivity index (χ1v) is 8.78. The number of guanidine groups is 1. The van der Waals surface area contributed by atoms with Crippen molar-refractivity contribution < 1.29 is 4.74 Å². The fraction of sp³-hybridized carbons (Fsp3) is 0.389. The SMILES string of the molecule is CCNC(=NCc1ccc(C)s1)NCCOCc1ccccc1. The van der Waals surface area contributed by atoms with E-state index in [0.29, 0.717) is 19.8 Å². The molecule has 0 aliphatic rings. The van der Waals surface area contributed by atoms with Crippen molar-refractivity contribution in [3.05, 3.63) is 57.8 Å². The summed E-state index contributed by atoms with van der Waals surface area (Å²) in [5.74, 6) is 0.835. The Balaban J connectivity index is 1.69. The van der Waals surface area contributed by atoms with Gasteiger partial charge in [0.05, 0.1) is 19.8 Å². The van der Waals surface area contributed by atoms with Gasteiger partial charge in [-0.15, -0.1) is 11.3 Å². The molecule has 0 atom stereocenters. The fourth-order valence-corrected chi connectivity index (χ4v) is 2.89. The average Bonchev–Trinajstić information content (AvgIpc) is 2.98. The van der Waals surface area contributed by atoms with Crippen LogP contribution < -0.4 is 10.6 Å². The second kappa shape index (κ2) is 10.0. The van der Waals surface area contributed by atoms with Crippen LogP contribution in [0.15, 0.2) is 47.5 Å². The number of benzene rings is 1. The molecule has 0 fully saturated rings. The highest BCUT2D eigenvalue weighted by Gasteiger charge is 1.99. The standard InChI is InChI=1S/C18H25N3OS/c1-3-19-18(21-13-17-10-9-15(2)23-17)20-11-12-22-14-16-7-5-4-6-8-16/h4-10H,3,11-14H2,1-2H3,(H2,19,20,21). The van der Waals surface area contributed by atoms with Crippen molar-refractivity contribution in [2.24, 2.45) is 4.99 Å². The summed E-state index contributed by atoms with van der Waals surface area (Å²) in [6.07, 6.45) is 0. The minimum Gasteiger partial charge on any atom is -0.375 e. The molecule has 2 rings (SSSR count). The van der Waals surface area contributed by atoms with Crippen LogP contribution in [0.2, 0.25) is 0 Å². The van der Waals surface area contributed by atoms with E-state index >= 15 is 0 Å². The lowest BCUT2D eigenvalue weighted by atomic mass is 10.2. The fourth-order valence-electron chi connectivity index (χ4n) is 2.07. The van der Waals surface area contributed by atoms with Crippen LogP contribution in [0, 0.1) is 6.92 Å². The van der Waals surface area contributed by atoms with E-state index in [-0.39, 0.29) is 0 Å². The van der Waals surface area contributed by atoms with Crippen LogP contribution >= 0.6 is 11.3 Å². The van der Waals surface area contributed by atoms with Crippen LogP contribution in [0.25, 0.3) is 0 Å². The molecular weight excluding hydrogens is 306 g/mol. The average molecular weight is 331 g/mol. The van der Waals surface area contributed by atoms with Gasteiger partial charge in [-0.2, -0.15) is 0 Å². The van der Waals surface area contributed by atoms with Gasteiger partial charge >= 0.3 is 0 Å². The van der Waals surface area contributed by atoms with E-state index in [1.54, 1.807) is 11.3 Å². The van der Waals surface area contributed by atoms with Crippen LogP contribution in [-0.4, -0.2) is 25.7 Å². The smallest absolute Gasteiger partial charge is 0.191 e.